The maximum atomic E-state index is 11.1. The Morgan fingerprint density at radius 2 is 1.95 bits per heavy atom. The number of aromatic nitrogens is 1. The SMILES string of the molecule is CC.CC(C)(O)CNc1c([N+](=O)[O-])cnc2ccccc12. The van der Waals surface area contributed by atoms with Crippen molar-refractivity contribution in [3.8, 4) is 0 Å². The molecule has 0 spiro atoms. The number of nitrogens with one attached hydrogen (secondary N) is 1. The van der Waals surface area contributed by atoms with E-state index in [0.717, 1.165) is 0 Å². The van der Waals surface area contributed by atoms with Gasteiger partial charge < -0.3 is 10.4 Å². The summed E-state index contributed by atoms with van der Waals surface area (Å²) in [5.74, 6) is 0. The van der Waals surface area contributed by atoms with Crippen LogP contribution < -0.4 is 5.32 Å². The van der Waals surface area contributed by atoms with Gasteiger partial charge in [-0.05, 0) is 19.9 Å². The van der Waals surface area contributed by atoms with Gasteiger partial charge >= 0.3 is 5.69 Å². The summed E-state index contributed by atoms with van der Waals surface area (Å²) in [7, 11) is 0. The molecule has 0 aliphatic rings. The predicted molar refractivity (Wildman–Crippen MR) is 84.5 cm³/mol. The molecule has 1 heterocycles. The number of benzene rings is 1. The minimum Gasteiger partial charge on any atom is -0.389 e. The number of rotatable bonds is 4. The highest BCUT2D eigenvalue weighted by molar-refractivity contribution is 5.95. The first-order chi connectivity index (χ1) is 9.88. The average Bonchev–Trinajstić information content (AvgIpc) is 2.45. The molecule has 0 amide bonds. The number of fused-ring (bicyclic) bond motifs is 1. The Balaban J connectivity index is 0.00000106. The summed E-state index contributed by atoms with van der Waals surface area (Å²) in [4.78, 5) is 14.6. The van der Waals surface area contributed by atoms with Gasteiger partial charge in [-0.2, -0.15) is 0 Å². The first kappa shape index (κ1) is 16.8. The van der Waals surface area contributed by atoms with Gasteiger partial charge in [-0.25, -0.2) is 4.98 Å². The van der Waals surface area contributed by atoms with Crippen molar-refractivity contribution in [2.45, 2.75) is 33.3 Å². The minimum absolute atomic E-state index is 0.0945. The summed E-state index contributed by atoms with van der Waals surface area (Å²) in [6, 6.07) is 7.17. The normalized spacial score (nSPS) is 10.7. The third-order valence-electron chi connectivity index (χ3n) is 2.65. The van der Waals surface area contributed by atoms with Gasteiger partial charge in [-0.3, -0.25) is 10.1 Å². The Morgan fingerprint density at radius 3 is 2.52 bits per heavy atom. The summed E-state index contributed by atoms with van der Waals surface area (Å²) in [5, 5.41) is 24.4. The zero-order chi connectivity index (χ0) is 16.0. The molecule has 2 rings (SSSR count). The molecule has 0 fully saturated rings. The van der Waals surface area contributed by atoms with E-state index in [4.69, 9.17) is 0 Å². The molecule has 6 heteroatoms. The average molecular weight is 291 g/mol. The standard InChI is InChI=1S/C13H15N3O3.C2H6/c1-13(2,17)8-15-12-9-5-3-4-6-10(9)14-7-11(12)16(18)19;1-2/h3-7,17H,8H2,1-2H3,(H,14,15);1-2H3. The fourth-order valence-corrected chi connectivity index (χ4v) is 1.76. The quantitative estimate of drug-likeness (QED) is 0.666. The van der Waals surface area contributed by atoms with Crippen molar-refractivity contribution < 1.29 is 10.0 Å². The van der Waals surface area contributed by atoms with Crippen molar-refractivity contribution in [3.05, 3.63) is 40.6 Å². The van der Waals surface area contributed by atoms with Gasteiger partial charge in [0, 0.05) is 11.9 Å². The Hall–Kier alpha value is -2.21. The molecule has 0 aliphatic heterocycles. The number of hydrogen-bond donors (Lipinski definition) is 2. The van der Waals surface area contributed by atoms with Gasteiger partial charge in [-0.1, -0.05) is 32.0 Å². The number of nitrogens with zero attached hydrogens (tertiary/aromatic N) is 2. The largest absolute Gasteiger partial charge is 0.389 e. The molecular weight excluding hydrogens is 270 g/mol. The molecule has 114 valence electrons. The van der Waals surface area contributed by atoms with E-state index in [1.807, 2.05) is 19.9 Å². The van der Waals surface area contributed by atoms with Crippen LogP contribution in [0.4, 0.5) is 11.4 Å². The maximum Gasteiger partial charge on any atom is 0.311 e. The zero-order valence-electron chi connectivity index (χ0n) is 12.8. The summed E-state index contributed by atoms with van der Waals surface area (Å²) >= 11 is 0. The second-order valence-corrected chi connectivity index (χ2v) is 4.96. The molecule has 0 atom stereocenters. The van der Waals surface area contributed by atoms with Crippen LogP contribution >= 0.6 is 0 Å². The number of anilines is 1. The van der Waals surface area contributed by atoms with Crippen molar-refractivity contribution in [1.82, 2.24) is 4.98 Å². The van der Waals surface area contributed by atoms with Gasteiger partial charge in [0.1, 0.15) is 11.9 Å². The van der Waals surface area contributed by atoms with E-state index in [-0.39, 0.29) is 12.2 Å². The fraction of sp³-hybridized carbons (Fsp3) is 0.400. The predicted octanol–water partition coefficient (Wildman–Crippen LogP) is 3.35. The van der Waals surface area contributed by atoms with Gasteiger partial charge in [0.15, 0.2) is 0 Å². The highest BCUT2D eigenvalue weighted by Crippen LogP contribution is 2.31. The van der Waals surface area contributed by atoms with Gasteiger partial charge in [0.25, 0.3) is 0 Å². The molecular formula is C15H21N3O3. The van der Waals surface area contributed by atoms with E-state index >= 15 is 0 Å². The number of pyridine rings is 1. The molecule has 2 aromatic rings. The van der Waals surface area contributed by atoms with Gasteiger partial charge in [0.2, 0.25) is 0 Å². The molecule has 0 saturated heterocycles. The summed E-state index contributed by atoms with van der Waals surface area (Å²) in [6.45, 7) is 7.48. The van der Waals surface area contributed by atoms with Crippen molar-refractivity contribution in [1.29, 1.82) is 0 Å². The van der Waals surface area contributed by atoms with Crippen molar-refractivity contribution >= 4 is 22.3 Å². The molecule has 2 N–H and O–H groups in total. The van der Waals surface area contributed by atoms with Crippen LogP contribution in [0, 0.1) is 10.1 Å². The van der Waals surface area contributed by atoms with E-state index in [1.54, 1.807) is 32.0 Å². The molecule has 0 aliphatic carbocycles. The number of nitro groups is 1. The van der Waals surface area contributed by atoms with Gasteiger partial charge in [-0.15, -0.1) is 0 Å². The van der Waals surface area contributed by atoms with E-state index < -0.39 is 10.5 Å². The van der Waals surface area contributed by atoms with E-state index in [9.17, 15) is 15.2 Å². The summed E-state index contributed by atoms with van der Waals surface area (Å²) in [5.41, 5.74) is 0.00476. The first-order valence-corrected chi connectivity index (χ1v) is 6.87. The van der Waals surface area contributed by atoms with Gasteiger partial charge in [0.05, 0.1) is 16.0 Å². The molecule has 0 unspecified atom stereocenters. The van der Waals surface area contributed by atoms with E-state index in [0.29, 0.717) is 16.6 Å². The molecule has 1 aromatic carbocycles. The number of hydrogen-bond acceptors (Lipinski definition) is 5. The minimum atomic E-state index is -0.960. The Morgan fingerprint density at radius 1 is 1.33 bits per heavy atom. The topological polar surface area (TPSA) is 88.3 Å². The third-order valence-corrected chi connectivity index (χ3v) is 2.65. The van der Waals surface area contributed by atoms with Crippen LogP contribution in [0.2, 0.25) is 0 Å². The highest BCUT2D eigenvalue weighted by Gasteiger charge is 2.20. The maximum absolute atomic E-state index is 11.1. The summed E-state index contributed by atoms with van der Waals surface area (Å²) in [6.07, 6.45) is 1.23. The Labute approximate surface area is 124 Å². The second kappa shape index (κ2) is 6.99. The zero-order valence-corrected chi connectivity index (χ0v) is 12.8. The molecule has 0 bridgehead atoms. The van der Waals surface area contributed by atoms with Crippen LogP contribution in [0.25, 0.3) is 10.9 Å². The van der Waals surface area contributed by atoms with Crippen LogP contribution in [-0.2, 0) is 0 Å². The van der Waals surface area contributed by atoms with E-state index in [1.165, 1.54) is 6.20 Å². The van der Waals surface area contributed by atoms with Crippen LogP contribution in [0.1, 0.15) is 27.7 Å². The van der Waals surface area contributed by atoms with Crippen LogP contribution in [0.5, 0.6) is 0 Å². The number of aliphatic hydroxyl groups is 1. The molecule has 0 radical (unpaired) electrons. The lowest BCUT2D eigenvalue weighted by Gasteiger charge is -2.19. The van der Waals surface area contributed by atoms with Crippen molar-refractivity contribution in [2.75, 3.05) is 11.9 Å². The molecule has 1 aromatic heterocycles. The Kier molecular flexibility index (Phi) is 5.60. The summed E-state index contributed by atoms with van der Waals surface area (Å²) < 4.78 is 0. The highest BCUT2D eigenvalue weighted by atomic mass is 16.6. The van der Waals surface area contributed by atoms with Crippen molar-refractivity contribution in [2.24, 2.45) is 0 Å². The van der Waals surface area contributed by atoms with Crippen LogP contribution in [0.3, 0.4) is 0 Å². The molecule has 0 saturated carbocycles. The number of para-hydroxylation sites is 1. The van der Waals surface area contributed by atoms with Crippen LogP contribution in [0.15, 0.2) is 30.5 Å². The van der Waals surface area contributed by atoms with Crippen molar-refractivity contribution in [3.63, 3.8) is 0 Å². The second-order valence-electron chi connectivity index (χ2n) is 4.96. The monoisotopic (exact) mass is 291 g/mol. The lowest BCUT2D eigenvalue weighted by molar-refractivity contribution is -0.384. The fourth-order valence-electron chi connectivity index (χ4n) is 1.76. The smallest absolute Gasteiger partial charge is 0.311 e. The van der Waals surface area contributed by atoms with Crippen LogP contribution in [-0.4, -0.2) is 27.2 Å². The lowest BCUT2D eigenvalue weighted by atomic mass is 10.1. The first-order valence-electron chi connectivity index (χ1n) is 6.87. The molecule has 6 nitrogen and oxygen atoms in total. The van der Waals surface area contributed by atoms with E-state index in [2.05, 4.69) is 10.3 Å². The Bertz CT molecular complexity index is 621. The lowest BCUT2D eigenvalue weighted by Crippen LogP contribution is -2.29. The third kappa shape index (κ3) is 4.39. The molecule has 21 heavy (non-hydrogen) atoms.